The molecule has 2 heterocycles. The minimum absolute atomic E-state index is 0.480. The molecule has 0 spiro atoms. The zero-order chi connectivity index (χ0) is 13.8. The lowest BCUT2D eigenvalue weighted by Crippen LogP contribution is -2.46. The first-order valence-corrected chi connectivity index (χ1v) is 6.78. The molecule has 0 radical (unpaired) electrons. The molecule has 2 aromatic rings. The Morgan fingerprint density at radius 1 is 0.900 bits per heavy atom. The van der Waals surface area contributed by atoms with Crippen LogP contribution in [0.5, 0.6) is 0 Å². The Kier molecular flexibility index (Phi) is 3.51. The van der Waals surface area contributed by atoms with Crippen molar-refractivity contribution in [2.75, 3.05) is 36.0 Å². The summed E-state index contributed by atoms with van der Waals surface area (Å²) in [6.07, 6.45) is 1.71. The standard InChI is InChI=1S/C16H16N4/c17-13-14-12-16(6-7-18-14)20-10-8-19(9-11-20)15-4-2-1-3-5-15/h1-7,12H,8-11H2. The van der Waals surface area contributed by atoms with Crippen molar-refractivity contribution in [3.63, 3.8) is 0 Å². The quantitative estimate of drug-likeness (QED) is 0.834. The maximum atomic E-state index is 8.91. The first-order chi connectivity index (χ1) is 9.86. The average molecular weight is 264 g/mol. The lowest BCUT2D eigenvalue weighted by Gasteiger charge is -2.37. The molecule has 1 aromatic heterocycles. The topological polar surface area (TPSA) is 43.2 Å². The van der Waals surface area contributed by atoms with Crippen LogP contribution in [0.2, 0.25) is 0 Å². The number of para-hydroxylation sites is 1. The molecule has 1 aliphatic rings. The summed E-state index contributed by atoms with van der Waals surface area (Å²) in [6.45, 7) is 3.91. The highest BCUT2D eigenvalue weighted by molar-refractivity contribution is 5.52. The molecule has 1 fully saturated rings. The maximum absolute atomic E-state index is 8.91. The van der Waals surface area contributed by atoms with E-state index in [1.165, 1.54) is 5.69 Å². The van der Waals surface area contributed by atoms with Gasteiger partial charge in [-0.1, -0.05) is 18.2 Å². The number of rotatable bonds is 2. The van der Waals surface area contributed by atoms with Gasteiger partial charge in [0.15, 0.2) is 0 Å². The Morgan fingerprint density at radius 3 is 2.20 bits per heavy atom. The van der Waals surface area contributed by atoms with Gasteiger partial charge in [0.2, 0.25) is 0 Å². The van der Waals surface area contributed by atoms with E-state index in [-0.39, 0.29) is 0 Å². The minimum Gasteiger partial charge on any atom is -0.368 e. The molecule has 0 atom stereocenters. The van der Waals surface area contributed by atoms with Crippen LogP contribution in [0, 0.1) is 11.3 Å². The number of nitriles is 1. The van der Waals surface area contributed by atoms with Crippen LogP contribution in [0.4, 0.5) is 11.4 Å². The Morgan fingerprint density at radius 2 is 1.55 bits per heavy atom. The molecule has 0 saturated carbocycles. The number of anilines is 2. The summed E-state index contributed by atoms with van der Waals surface area (Å²) < 4.78 is 0. The molecule has 1 saturated heterocycles. The van der Waals surface area contributed by atoms with Gasteiger partial charge in [0.1, 0.15) is 11.8 Å². The van der Waals surface area contributed by atoms with E-state index in [0.29, 0.717) is 5.69 Å². The molecule has 3 rings (SSSR count). The highest BCUT2D eigenvalue weighted by Crippen LogP contribution is 2.20. The number of hydrogen-bond acceptors (Lipinski definition) is 4. The van der Waals surface area contributed by atoms with E-state index in [2.05, 4.69) is 45.1 Å². The van der Waals surface area contributed by atoms with Crippen molar-refractivity contribution in [3.8, 4) is 6.07 Å². The van der Waals surface area contributed by atoms with Crippen LogP contribution in [0.25, 0.3) is 0 Å². The number of nitrogens with zero attached hydrogens (tertiary/aromatic N) is 4. The molecule has 4 nitrogen and oxygen atoms in total. The number of hydrogen-bond donors (Lipinski definition) is 0. The number of pyridine rings is 1. The summed E-state index contributed by atoms with van der Waals surface area (Å²) in [5.41, 5.74) is 2.84. The third-order valence-electron chi connectivity index (χ3n) is 3.62. The zero-order valence-electron chi connectivity index (χ0n) is 11.2. The van der Waals surface area contributed by atoms with Crippen molar-refractivity contribution >= 4 is 11.4 Å². The van der Waals surface area contributed by atoms with E-state index >= 15 is 0 Å². The summed E-state index contributed by atoms with van der Waals surface area (Å²) in [4.78, 5) is 8.72. The maximum Gasteiger partial charge on any atom is 0.142 e. The lowest BCUT2D eigenvalue weighted by molar-refractivity contribution is 0.653. The third kappa shape index (κ3) is 2.57. The molecule has 20 heavy (non-hydrogen) atoms. The van der Waals surface area contributed by atoms with Crippen LogP contribution in [0.1, 0.15) is 5.69 Å². The Bertz CT molecular complexity index is 610. The van der Waals surface area contributed by atoms with Crippen LogP contribution >= 0.6 is 0 Å². The van der Waals surface area contributed by atoms with E-state index < -0.39 is 0 Å². The molecule has 0 amide bonds. The smallest absolute Gasteiger partial charge is 0.142 e. The lowest BCUT2D eigenvalue weighted by atomic mass is 10.2. The average Bonchev–Trinajstić information content (AvgIpc) is 2.56. The van der Waals surface area contributed by atoms with Crippen molar-refractivity contribution < 1.29 is 0 Å². The zero-order valence-corrected chi connectivity index (χ0v) is 11.2. The second-order valence-corrected chi connectivity index (χ2v) is 4.82. The van der Waals surface area contributed by atoms with Gasteiger partial charge >= 0.3 is 0 Å². The fourth-order valence-electron chi connectivity index (χ4n) is 2.54. The van der Waals surface area contributed by atoms with Gasteiger partial charge in [-0.05, 0) is 24.3 Å². The number of piperazine rings is 1. The van der Waals surface area contributed by atoms with Crippen LogP contribution in [0.15, 0.2) is 48.7 Å². The van der Waals surface area contributed by atoms with E-state index in [9.17, 15) is 0 Å². The van der Waals surface area contributed by atoms with Crippen molar-refractivity contribution in [3.05, 3.63) is 54.4 Å². The highest BCUT2D eigenvalue weighted by Gasteiger charge is 2.17. The highest BCUT2D eigenvalue weighted by atomic mass is 15.3. The van der Waals surface area contributed by atoms with E-state index in [0.717, 1.165) is 31.9 Å². The van der Waals surface area contributed by atoms with Gasteiger partial charge in [-0.2, -0.15) is 5.26 Å². The molecule has 1 aliphatic heterocycles. The molecule has 0 aliphatic carbocycles. The van der Waals surface area contributed by atoms with Gasteiger partial charge in [0, 0.05) is 43.8 Å². The fourth-order valence-corrected chi connectivity index (χ4v) is 2.54. The van der Waals surface area contributed by atoms with Gasteiger partial charge in [-0.15, -0.1) is 0 Å². The van der Waals surface area contributed by atoms with Crippen molar-refractivity contribution in [2.45, 2.75) is 0 Å². The molecule has 100 valence electrons. The Labute approximate surface area is 118 Å². The van der Waals surface area contributed by atoms with Gasteiger partial charge < -0.3 is 9.80 Å². The van der Waals surface area contributed by atoms with Crippen molar-refractivity contribution in [1.29, 1.82) is 5.26 Å². The summed E-state index contributed by atoms with van der Waals surface area (Å²) in [7, 11) is 0. The normalized spacial score (nSPS) is 14.9. The van der Waals surface area contributed by atoms with E-state index in [1.807, 2.05) is 18.2 Å². The number of aromatic nitrogens is 1. The monoisotopic (exact) mass is 264 g/mol. The van der Waals surface area contributed by atoms with Crippen LogP contribution in [-0.2, 0) is 0 Å². The van der Waals surface area contributed by atoms with Crippen molar-refractivity contribution in [1.82, 2.24) is 4.98 Å². The summed E-state index contributed by atoms with van der Waals surface area (Å²) >= 11 is 0. The number of benzene rings is 1. The molecule has 1 aromatic carbocycles. The summed E-state index contributed by atoms with van der Waals surface area (Å²) in [6, 6.07) is 16.4. The summed E-state index contributed by atoms with van der Waals surface area (Å²) in [5.74, 6) is 0. The second-order valence-electron chi connectivity index (χ2n) is 4.82. The fraction of sp³-hybridized carbons (Fsp3) is 0.250. The van der Waals surface area contributed by atoms with Crippen LogP contribution in [0.3, 0.4) is 0 Å². The Balaban J connectivity index is 1.68. The molecular formula is C16H16N4. The largest absolute Gasteiger partial charge is 0.368 e. The van der Waals surface area contributed by atoms with E-state index in [1.54, 1.807) is 6.20 Å². The van der Waals surface area contributed by atoms with Gasteiger partial charge in [-0.25, -0.2) is 4.98 Å². The van der Waals surface area contributed by atoms with E-state index in [4.69, 9.17) is 5.26 Å². The van der Waals surface area contributed by atoms with Crippen LogP contribution in [-0.4, -0.2) is 31.2 Å². The van der Waals surface area contributed by atoms with Gasteiger partial charge in [0.25, 0.3) is 0 Å². The molecule has 4 heteroatoms. The van der Waals surface area contributed by atoms with Crippen molar-refractivity contribution in [2.24, 2.45) is 0 Å². The molecule has 0 N–H and O–H groups in total. The second kappa shape index (κ2) is 5.62. The Hall–Kier alpha value is -2.54. The minimum atomic E-state index is 0.480. The van der Waals surface area contributed by atoms with Crippen LogP contribution < -0.4 is 9.80 Å². The predicted molar refractivity (Wildman–Crippen MR) is 79.8 cm³/mol. The molecule has 0 bridgehead atoms. The predicted octanol–water partition coefficient (Wildman–Crippen LogP) is 2.28. The third-order valence-corrected chi connectivity index (χ3v) is 3.62. The van der Waals surface area contributed by atoms with Gasteiger partial charge in [-0.3, -0.25) is 0 Å². The SMILES string of the molecule is N#Cc1cc(N2CCN(c3ccccc3)CC2)ccn1. The molecular weight excluding hydrogens is 248 g/mol. The first kappa shape index (κ1) is 12.5. The summed E-state index contributed by atoms with van der Waals surface area (Å²) in [5, 5.41) is 8.91. The molecule has 0 unspecified atom stereocenters. The first-order valence-electron chi connectivity index (χ1n) is 6.78. The van der Waals surface area contributed by atoms with Gasteiger partial charge in [0.05, 0.1) is 0 Å².